The Morgan fingerprint density at radius 2 is 1.77 bits per heavy atom. The molecule has 0 fully saturated rings. The van der Waals surface area contributed by atoms with Crippen LogP contribution in [0.15, 0.2) is 42.5 Å². The van der Waals surface area contributed by atoms with E-state index in [1.165, 1.54) is 14.0 Å². The van der Waals surface area contributed by atoms with Gasteiger partial charge in [0.2, 0.25) is 0 Å². The summed E-state index contributed by atoms with van der Waals surface area (Å²) in [6, 6.07) is 12.0. The average molecular weight is 299 g/mol. The van der Waals surface area contributed by atoms with Crippen molar-refractivity contribution in [3.63, 3.8) is 0 Å². The lowest BCUT2D eigenvalue weighted by atomic mass is 10.1. The second kappa shape index (κ2) is 6.76. The third-order valence-electron chi connectivity index (χ3n) is 2.99. The first kappa shape index (κ1) is 15.6. The summed E-state index contributed by atoms with van der Waals surface area (Å²) in [5.41, 5.74) is 1.83. The van der Waals surface area contributed by atoms with Crippen molar-refractivity contribution >= 4 is 17.6 Å². The van der Waals surface area contributed by atoms with Crippen molar-refractivity contribution in [3.05, 3.63) is 53.6 Å². The van der Waals surface area contributed by atoms with Gasteiger partial charge in [-0.1, -0.05) is 18.2 Å². The quantitative estimate of drug-likeness (QED) is 0.695. The van der Waals surface area contributed by atoms with Gasteiger partial charge in [-0.3, -0.25) is 9.59 Å². The molecule has 0 unspecified atom stereocenters. The van der Waals surface area contributed by atoms with E-state index in [1.807, 2.05) is 19.1 Å². The molecule has 0 radical (unpaired) electrons. The molecule has 2 aromatic rings. The predicted octanol–water partition coefficient (Wildman–Crippen LogP) is 3.18. The fourth-order valence-corrected chi connectivity index (χ4v) is 2.01. The Kier molecular flexibility index (Phi) is 4.78. The van der Waals surface area contributed by atoms with Crippen molar-refractivity contribution in [2.24, 2.45) is 0 Å². The Labute approximate surface area is 128 Å². The molecule has 0 saturated carbocycles. The number of carbonyl (C=O) groups is 2. The van der Waals surface area contributed by atoms with E-state index in [0.29, 0.717) is 11.4 Å². The van der Waals surface area contributed by atoms with E-state index >= 15 is 0 Å². The van der Waals surface area contributed by atoms with Crippen molar-refractivity contribution < 1.29 is 19.1 Å². The molecule has 0 heterocycles. The highest BCUT2D eigenvalue weighted by molar-refractivity contribution is 6.07. The number of esters is 1. The number of hydrogen-bond donors (Lipinski definition) is 1. The Hall–Kier alpha value is -2.82. The van der Waals surface area contributed by atoms with Gasteiger partial charge in [0.05, 0.1) is 18.4 Å². The molecule has 0 aromatic heterocycles. The Morgan fingerprint density at radius 3 is 2.45 bits per heavy atom. The lowest BCUT2D eigenvalue weighted by Crippen LogP contribution is -2.15. The third kappa shape index (κ3) is 3.63. The summed E-state index contributed by atoms with van der Waals surface area (Å²) in [6.07, 6.45) is 0. The zero-order valence-corrected chi connectivity index (χ0v) is 12.7. The number of carbonyl (C=O) groups excluding carboxylic acids is 2. The molecule has 1 N–H and O–H groups in total. The number of amides is 1. The summed E-state index contributed by atoms with van der Waals surface area (Å²) in [5.74, 6) is -0.0721. The number of nitrogens with one attached hydrogen (secondary N) is 1. The van der Waals surface area contributed by atoms with Crippen LogP contribution in [0.3, 0.4) is 0 Å². The van der Waals surface area contributed by atoms with Gasteiger partial charge in [0.15, 0.2) is 0 Å². The highest BCUT2D eigenvalue weighted by Gasteiger charge is 2.15. The predicted molar refractivity (Wildman–Crippen MR) is 83.4 cm³/mol. The van der Waals surface area contributed by atoms with Crippen LogP contribution < -0.4 is 14.8 Å². The van der Waals surface area contributed by atoms with E-state index in [4.69, 9.17) is 9.47 Å². The Balaban J connectivity index is 2.30. The van der Waals surface area contributed by atoms with Crippen LogP contribution >= 0.6 is 0 Å². The molecule has 0 spiro atoms. The highest BCUT2D eigenvalue weighted by atomic mass is 16.5. The van der Waals surface area contributed by atoms with Gasteiger partial charge in [-0.2, -0.15) is 0 Å². The molecule has 2 aromatic carbocycles. The van der Waals surface area contributed by atoms with E-state index in [2.05, 4.69) is 5.32 Å². The van der Waals surface area contributed by atoms with Crippen LogP contribution in [-0.4, -0.2) is 19.0 Å². The fraction of sp³-hybridized carbons (Fsp3) is 0.176. The smallest absolute Gasteiger partial charge is 0.308 e. The van der Waals surface area contributed by atoms with Gasteiger partial charge in [0.1, 0.15) is 11.5 Å². The topological polar surface area (TPSA) is 64.6 Å². The summed E-state index contributed by atoms with van der Waals surface area (Å²) in [6.45, 7) is 3.21. The van der Waals surface area contributed by atoms with E-state index in [0.717, 1.165) is 5.56 Å². The van der Waals surface area contributed by atoms with Gasteiger partial charge in [0.25, 0.3) is 5.91 Å². The SMILES string of the molecule is COc1ccc(C)cc1NC(=O)c1ccccc1OC(C)=O. The number of benzene rings is 2. The largest absolute Gasteiger partial charge is 0.495 e. The van der Waals surface area contributed by atoms with E-state index in [-0.39, 0.29) is 17.2 Å². The number of hydrogen-bond acceptors (Lipinski definition) is 4. The number of anilines is 1. The first-order chi connectivity index (χ1) is 10.5. The minimum Gasteiger partial charge on any atom is -0.495 e. The number of para-hydroxylation sites is 1. The zero-order valence-electron chi connectivity index (χ0n) is 12.7. The summed E-state index contributed by atoms with van der Waals surface area (Å²) in [5, 5.41) is 2.78. The van der Waals surface area contributed by atoms with Crippen LogP contribution in [0.5, 0.6) is 11.5 Å². The highest BCUT2D eigenvalue weighted by Crippen LogP contribution is 2.27. The van der Waals surface area contributed by atoms with E-state index in [1.54, 1.807) is 30.3 Å². The van der Waals surface area contributed by atoms with Gasteiger partial charge >= 0.3 is 5.97 Å². The molecule has 0 aliphatic carbocycles. The first-order valence-corrected chi connectivity index (χ1v) is 6.74. The lowest BCUT2D eigenvalue weighted by molar-refractivity contribution is -0.131. The molecule has 0 saturated heterocycles. The normalized spacial score (nSPS) is 9.95. The minimum atomic E-state index is -0.478. The van der Waals surface area contributed by atoms with Crippen LogP contribution in [0, 0.1) is 6.92 Å². The summed E-state index contributed by atoms with van der Waals surface area (Å²) >= 11 is 0. The van der Waals surface area contributed by atoms with Crippen LogP contribution in [-0.2, 0) is 4.79 Å². The molecule has 1 amide bonds. The number of rotatable bonds is 4. The molecule has 0 atom stereocenters. The van der Waals surface area contributed by atoms with E-state index in [9.17, 15) is 9.59 Å². The Bertz CT molecular complexity index is 710. The molecule has 114 valence electrons. The number of ether oxygens (including phenoxy) is 2. The molecule has 5 nitrogen and oxygen atoms in total. The lowest BCUT2D eigenvalue weighted by Gasteiger charge is -2.12. The maximum Gasteiger partial charge on any atom is 0.308 e. The van der Waals surface area contributed by atoms with Crippen LogP contribution in [0.4, 0.5) is 5.69 Å². The monoisotopic (exact) mass is 299 g/mol. The van der Waals surface area contributed by atoms with E-state index < -0.39 is 5.97 Å². The Morgan fingerprint density at radius 1 is 1.05 bits per heavy atom. The van der Waals surface area contributed by atoms with Gasteiger partial charge < -0.3 is 14.8 Å². The third-order valence-corrected chi connectivity index (χ3v) is 2.99. The minimum absolute atomic E-state index is 0.221. The van der Waals surface area contributed by atoms with Crippen LogP contribution in [0.2, 0.25) is 0 Å². The van der Waals surface area contributed by atoms with Crippen molar-refractivity contribution in [1.82, 2.24) is 0 Å². The molecule has 0 aliphatic rings. The van der Waals surface area contributed by atoms with Gasteiger partial charge in [-0.15, -0.1) is 0 Å². The molecule has 2 rings (SSSR count). The second-order valence-corrected chi connectivity index (χ2v) is 4.75. The first-order valence-electron chi connectivity index (χ1n) is 6.74. The molecular weight excluding hydrogens is 282 g/mol. The number of methoxy groups -OCH3 is 1. The molecule has 22 heavy (non-hydrogen) atoms. The van der Waals surface area contributed by atoms with Crippen molar-refractivity contribution in [2.75, 3.05) is 12.4 Å². The molecule has 0 bridgehead atoms. The van der Waals surface area contributed by atoms with Gasteiger partial charge in [-0.25, -0.2) is 0 Å². The van der Waals surface area contributed by atoms with Crippen LogP contribution in [0.1, 0.15) is 22.8 Å². The summed E-state index contributed by atoms with van der Waals surface area (Å²) < 4.78 is 10.3. The average Bonchev–Trinajstić information content (AvgIpc) is 2.47. The number of aryl methyl sites for hydroxylation is 1. The summed E-state index contributed by atoms with van der Waals surface area (Å²) in [4.78, 5) is 23.6. The maximum absolute atomic E-state index is 12.4. The standard InChI is InChI=1S/C17H17NO4/c1-11-8-9-16(21-3)14(10-11)18-17(20)13-6-4-5-7-15(13)22-12(2)19/h4-10H,1-3H3,(H,18,20). The maximum atomic E-state index is 12.4. The fourth-order valence-electron chi connectivity index (χ4n) is 2.01. The van der Waals surface area contributed by atoms with Crippen molar-refractivity contribution in [3.8, 4) is 11.5 Å². The molecular formula is C17H17NO4. The second-order valence-electron chi connectivity index (χ2n) is 4.75. The van der Waals surface area contributed by atoms with Crippen LogP contribution in [0.25, 0.3) is 0 Å². The zero-order chi connectivity index (χ0) is 16.1. The summed E-state index contributed by atoms with van der Waals surface area (Å²) in [7, 11) is 1.53. The van der Waals surface area contributed by atoms with Gasteiger partial charge in [0, 0.05) is 6.92 Å². The van der Waals surface area contributed by atoms with Gasteiger partial charge in [-0.05, 0) is 36.8 Å². The van der Waals surface area contributed by atoms with Crippen molar-refractivity contribution in [1.29, 1.82) is 0 Å². The molecule has 5 heteroatoms. The molecule has 0 aliphatic heterocycles. The van der Waals surface area contributed by atoms with Crippen molar-refractivity contribution in [2.45, 2.75) is 13.8 Å².